The molecule has 1 aromatic heterocycles. The average Bonchev–Trinajstić information content (AvgIpc) is 3.15. The molecule has 23 heavy (non-hydrogen) atoms. The molecule has 1 atom stereocenters. The molecular weight excluding hydrogens is 296 g/mol. The van der Waals surface area contributed by atoms with Crippen molar-refractivity contribution in [2.24, 2.45) is 5.92 Å². The van der Waals surface area contributed by atoms with E-state index in [-0.39, 0.29) is 30.6 Å². The second-order valence-electron chi connectivity index (χ2n) is 6.22. The Labute approximate surface area is 134 Å². The van der Waals surface area contributed by atoms with Gasteiger partial charge in [0.25, 0.3) is 0 Å². The molecule has 1 saturated carbocycles. The first-order valence-corrected chi connectivity index (χ1v) is 8.01. The molecule has 1 aliphatic heterocycles. The molecule has 0 radical (unpaired) electrons. The number of amides is 2. The fourth-order valence-corrected chi connectivity index (χ4v) is 3.40. The maximum absolute atomic E-state index is 12.7. The number of anilines is 1. The molecule has 2 heterocycles. The quantitative estimate of drug-likeness (QED) is 0.823. The van der Waals surface area contributed by atoms with Gasteiger partial charge in [-0.1, -0.05) is 25.7 Å². The van der Waals surface area contributed by atoms with Gasteiger partial charge in [-0.25, -0.2) is 4.98 Å². The van der Waals surface area contributed by atoms with E-state index in [1.807, 2.05) is 0 Å². The van der Waals surface area contributed by atoms with E-state index in [4.69, 9.17) is 0 Å². The first kappa shape index (κ1) is 15.6. The molecule has 2 amide bonds. The molecule has 0 bridgehead atoms. The number of Topliss-reactive ketones (excluding diaryl/α,β-unsaturated/α-hetero) is 1. The van der Waals surface area contributed by atoms with Crippen LogP contribution in [0.5, 0.6) is 0 Å². The molecule has 1 N–H and O–H groups in total. The van der Waals surface area contributed by atoms with Crippen LogP contribution >= 0.6 is 0 Å². The number of hydrogen-bond acceptors (Lipinski definition) is 5. The van der Waals surface area contributed by atoms with Crippen molar-refractivity contribution in [1.29, 1.82) is 0 Å². The summed E-state index contributed by atoms with van der Waals surface area (Å²) in [6.45, 7) is 0.0319. The van der Waals surface area contributed by atoms with Crippen LogP contribution in [0.15, 0.2) is 18.6 Å². The Bertz CT molecular complexity index is 599. The van der Waals surface area contributed by atoms with Gasteiger partial charge in [-0.15, -0.1) is 0 Å². The van der Waals surface area contributed by atoms with Crippen LogP contribution in [-0.2, 0) is 14.4 Å². The van der Waals surface area contributed by atoms with E-state index in [1.54, 1.807) is 0 Å². The minimum Gasteiger partial charge on any atom is -0.323 e. The van der Waals surface area contributed by atoms with Gasteiger partial charge < -0.3 is 10.2 Å². The third-order valence-electron chi connectivity index (χ3n) is 4.54. The number of rotatable bonds is 5. The van der Waals surface area contributed by atoms with E-state index < -0.39 is 6.04 Å². The molecule has 2 fully saturated rings. The van der Waals surface area contributed by atoms with E-state index in [2.05, 4.69) is 15.3 Å². The zero-order valence-electron chi connectivity index (χ0n) is 12.9. The maximum atomic E-state index is 12.7. The standard InChI is InChI=1S/C16H20N4O3/c21-12-8-15(22)20(10-12)13(7-11-3-1-2-4-11)16(23)19-14-9-17-5-6-18-14/h5-6,9,11,13H,1-4,7-8,10H2,(H,18,19,23)/t13-/m0/s1. The summed E-state index contributed by atoms with van der Waals surface area (Å²) in [5.74, 6) is 0.106. The van der Waals surface area contributed by atoms with Gasteiger partial charge in [-0.05, 0) is 12.3 Å². The van der Waals surface area contributed by atoms with Gasteiger partial charge in [0.2, 0.25) is 11.8 Å². The number of nitrogens with one attached hydrogen (secondary N) is 1. The summed E-state index contributed by atoms with van der Waals surface area (Å²) >= 11 is 0. The van der Waals surface area contributed by atoms with Crippen molar-refractivity contribution in [2.45, 2.75) is 44.6 Å². The Balaban J connectivity index is 1.74. The van der Waals surface area contributed by atoms with Crippen LogP contribution in [0.25, 0.3) is 0 Å². The lowest BCUT2D eigenvalue weighted by Gasteiger charge is -2.28. The molecule has 2 aliphatic rings. The van der Waals surface area contributed by atoms with Crippen molar-refractivity contribution in [3.63, 3.8) is 0 Å². The summed E-state index contributed by atoms with van der Waals surface area (Å²) in [7, 11) is 0. The molecule has 3 rings (SSSR count). The molecular formula is C16H20N4O3. The first-order valence-electron chi connectivity index (χ1n) is 8.01. The third kappa shape index (κ3) is 3.72. The number of hydrogen-bond donors (Lipinski definition) is 1. The number of aromatic nitrogens is 2. The van der Waals surface area contributed by atoms with Crippen LogP contribution in [0.1, 0.15) is 38.5 Å². The van der Waals surface area contributed by atoms with Crippen LogP contribution in [0, 0.1) is 5.92 Å². The van der Waals surface area contributed by atoms with E-state index in [0.717, 1.165) is 25.7 Å². The Kier molecular flexibility index (Phi) is 4.64. The molecule has 7 heteroatoms. The highest BCUT2D eigenvalue weighted by Crippen LogP contribution is 2.31. The predicted octanol–water partition coefficient (Wildman–Crippen LogP) is 1.17. The second-order valence-corrected chi connectivity index (χ2v) is 6.22. The fraction of sp³-hybridized carbons (Fsp3) is 0.562. The SMILES string of the molecule is O=C1CC(=O)N([C@@H](CC2CCCC2)C(=O)Nc2cnccn2)C1. The Hall–Kier alpha value is -2.31. The lowest BCUT2D eigenvalue weighted by Crippen LogP contribution is -2.46. The third-order valence-corrected chi connectivity index (χ3v) is 4.54. The highest BCUT2D eigenvalue weighted by atomic mass is 16.2. The summed E-state index contributed by atoms with van der Waals surface area (Å²) in [6.07, 6.45) is 9.45. The monoisotopic (exact) mass is 316 g/mol. The zero-order chi connectivity index (χ0) is 16.2. The molecule has 0 aromatic carbocycles. The van der Waals surface area contributed by atoms with E-state index in [0.29, 0.717) is 18.2 Å². The lowest BCUT2D eigenvalue weighted by molar-refractivity contribution is -0.135. The zero-order valence-corrected chi connectivity index (χ0v) is 12.9. The number of carbonyl (C=O) groups excluding carboxylic acids is 3. The van der Waals surface area contributed by atoms with E-state index in [1.165, 1.54) is 23.5 Å². The number of likely N-dealkylation sites (tertiary alicyclic amines) is 1. The average molecular weight is 316 g/mol. The summed E-state index contributed by atoms with van der Waals surface area (Å²) < 4.78 is 0. The normalized spacial score (nSPS) is 20.1. The first-order chi connectivity index (χ1) is 11.1. The largest absolute Gasteiger partial charge is 0.323 e. The van der Waals surface area contributed by atoms with Crippen molar-refractivity contribution < 1.29 is 14.4 Å². The molecule has 1 aromatic rings. The second kappa shape index (κ2) is 6.85. The molecule has 0 unspecified atom stereocenters. The van der Waals surface area contributed by atoms with Crippen molar-refractivity contribution in [1.82, 2.24) is 14.9 Å². The van der Waals surface area contributed by atoms with Gasteiger partial charge in [0.05, 0.1) is 19.2 Å². The number of carbonyl (C=O) groups is 3. The van der Waals surface area contributed by atoms with Crippen LogP contribution in [0.3, 0.4) is 0 Å². The summed E-state index contributed by atoms with van der Waals surface area (Å²) in [5.41, 5.74) is 0. The Morgan fingerprint density at radius 3 is 2.70 bits per heavy atom. The maximum Gasteiger partial charge on any atom is 0.248 e. The smallest absolute Gasteiger partial charge is 0.248 e. The number of nitrogens with zero attached hydrogens (tertiary/aromatic N) is 3. The van der Waals surface area contributed by atoms with Gasteiger partial charge in [0.1, 0.15) is 6.04 Å². The molecule has 1 saturated heterocycles. The topological polar surface area (TPSA) is 92.3 Å². The van der Waals surface area contributed by atoms with Crippen LogP contribution in [0.2, 0.25) is 0 Å². The Morgan fingerprint density at radius 1 is 1.30 bits per heavy atom. The predicted molar refractivity (Wildman–Crippen MR) is 82.4 cm³/mol. The van der Waals surface area contributed by atoms with Crippen molar-refractivity contribution in [2.75, 3.05) is 11.9 Å². The van der Waals surface area contributed by atoms with Crippen molar-refractivity contribution in [3.8, 4) is 0 Å². The molecule has 122 valence electrons. The van der Waals surface area contributed by atoms with Crippen LogP contribution in [-0.4, -0.2) is 45.1 Å². The van der Waals surface area contributed by atoms with Crippen molar-refractivity contribution >= 4 is 23.4 Å². The van der Waals surface area contributed by atoms with Crippen LogP contribution in [0.4, 0.5) is 5.82 Å². The molecule has 0 spiro atoms. The van der Waals surface area contributed by atoms with Crippen molar-refractivity contribution in [3.05, 3.63) is 18.6 Å². The highest BCUT2D eigenvalue weighted by molar-refractivity contribution is 6.08. The lowest BCUT2D eigenvalue weighted by atomic mass is 9.97. The summed E-state index contributed by atoms with van der Waals surface area (Å²) in [6, 6.07) is -0.612. The van der Waals surface area contributed by atoms with Crippen LogP contribution < -0.4 is 5.32 Å². The summed E-state index contributed by atoms with van der Waals surface area (Å²) in [5, 5.41) is 2.71. The molecule has 7 nitrogen and oxygen atoms in total. The van der Waals surface area contributed by atoms with Gasteiger partial charge in [0.15, 0.2) is 11.6 Å². The number of ketones is 1. The molecule has 1 aliphatic carbocycles. The highest BCUT2D eigenvalue weighted by Gasteiger charge is 2.38. The van der Waals surface area contributed by atoms with Gasteiger partial charge in [-0.2, -0.15) is 0 Å². The Morgan fingerprint density at radius 2 is 2.09 bits per heavy atom. The van der Waals surface area contributed by atoms with E-state index >= 15 is 0 Å². The minimum absolute atomic E-state index is 0.0319. The summed E-state index contributed by atoms with van der Waals surface area (Å²) in [4.78, 5) is 45.6. The fourth-order valence-electron chi connectivity index (χ4n) is 3.40. The van der Waals surface area contributed by atoms with Gasteiger partial charge in [0, 0.05) is 12.4 Å². The van der Waals surface area contributed by atoms with E-state index in [9.17, 15) is 14.4 Å². The minimum atomic E-state index is -0.612. The van der Waals surface area contributed by atoms with Gasteiger partial charge in [-0.3, -0.25) is 19.4 Å². The van der Waals surface area contributed by atoms with Gasteiger partial charge >= 0.3 is 0 Å².